The predicted molar refractivity (Wildman–Crippen MR) is 126 cm³/mol. The summed E-state index contributed by atoms with van der Waals surface area (Å²) in [5, 5.41) is 4.70. The zero-order valence-corrected chi connectivity index (χ0v) is 20.5. The van der Waals surface area contributed by atoms with Crippen LogP contribution < -0.4 is 11.2 Å². The molecule has 4 fully saturated rings. The Morgan fingerprint density at radius 2 is 1.94 bits per heavy atom. The number of methoxy groups -OCH3 is 1. The van der Waals surface area contributed by atoms with Crippen LogP contribution in [0, 0.1) is 46.3 Å². The first-order chi connectivity index (χ1) is 15.2. The summed E-state index contributed by atoms with van der Waals surface area (Å²) in [7, 11) is 1.46. The van der Waals surface area contributed by atoms with Gasteiger partial charge in [0, 0.05) is 17.5 Å². The number of hydrogen-bond acceptors (Lipinski definition) is 4. The van der Waals surface area contributed by atoms with Crippen molar-refractivity contribution in [1.82, 2.24) is 5.43 Å². The van der Waals surface area contributed by atoms with Gasteiger partial charge in [0.25, 0.3) is 0 Å². The van der Waals surface area contributed by atoms with Crippen LogP contribution in [0.1, 0.15) is 91.4 Å². The minimum atomic E-state index is -0.585. The second-order valence-electron chi connectivity index (χ2n) is 11.7. The van der Waals surface area contributed by atoms with E-state index in [2.05, 4.69) is 26.2 Å². The minimum Gasteiger partial charge on any atom is -0.469 e. The fraction of sp³-hybridized carbons (Fsp3) is 0.885. The molecule has 3 N–H and O–H groups in total. The number of nitrogens with one attached hydrogen (secondary N) is 1. The van der Waals surface area contributed by atoms with E-state index in [0.717, 1.165) is 30.4 Å². The first-order valence-corrected chi connectivity index (χ1v) is 12.9. The lowest BCUT2D eigenvalue weighted by Crippen LogP contribution is -2.57. The summed E-state index contributed by atoms with van der Waals surface area (Å²) in [6.45, 7) is 7.24. The Hall–Kier alpha value is -1.59. The van der Waals surface area contributed by atoms with Gasteiger partial charge in [-0.2, -0.15) is 5.10 Å². The number of carbonyl (C=O) groups excluding carboxylic acids is 2. The van der Waals surface area contributed by atoms with E-state index in [4.69, 9.17) is 15.6 Å². The maximum absolute atomic E-state index is 11.8. The van der Waals surface area contributed by atoms with Crippen molar-refractivity contribution >= 4 is 17.7 Å². The normalized spacial score (nSPS) is 43.0. The number of nitrogens with zero attached hydrogens (tertiary/aromatic N) is 1. The number of urea groups is 1. The Morgan fingerprint density at radius 1 is 1.16 bits per heavy atom. The zero-order chi connectivity index (χ0) is 23.1. The van der Waals surface area contributed by atoms with E-state index in [9.17, 15) is 9.59 Å². The fourth-order valence-electron chi connectivity index (χ4n) is 8.90. The predicted octanol–water partition coefficient (Wildman–Crippen LogP) is 5.26. The lowest BCUT2D eigenvalue weighted by molar-refractivity contribution is -0.141. The first kappa shape index (κ1) is 23.6. The van der Waals surface area contributed by atoms with E-state index < -0.39 is 6.03 Å². The summed E-state index contributed by atoms with van der Waals surface area (Å²) in [6, 6.07) is -0.585. The number of primary amides is 1. The van der Waals surface area contributed by atoms with Crippen molar-refractivity contribution in [3.63, 3.8) is 0 Å². The lowest BCUT2D eigenvalue weighted by atomic mass is 9.44. The van der Waals surface area contributed by atoms with Crippen LogP contribution in [0.15, 0.2) is 5.10 Å². The first-order valence-electron chi connectivity index (χ1n) is 12.9. The molecule has 4 aliphatic carbocycles. The van der Waals surface area contributed by atoms with E-state index >= 15 is 0 Å². The highest BCUT2D eigenvalue weighted by molar-refractivity contribution is 5.93. The Balaban J connectivity index is 1.65. The SMILES string of the molecule is COC(=O)CC[C@H](C)[C@H]1CC[C@@H]2[C@H]3CC[C@@H]4CCCC[C@]4(C)[C@H]3C/C(=N/NC(N)=O)[C@@]21C. The molecule has 0 radical (unpaired) electrons. The molecule has 4 aliphatic rings. The Kier molecular flexibility index (Phi) is 6.61. The second-order valence-corrected chi connectivity index (χ2v) is 11.7. The molecule has 4 saturated carbocycles. The van der Waals surface area contributed by atoms with Gasteiger partial charge in [0.2, 0.25) is 0 Å². The third kappa shape index (κ3) is 3.86. The molecule has 4 rings (SSSR count). The molecule has 0 aromatic carbocycles. The number of esters is 1. The standard InChI is InChI=1S/C26H43N3O3/c1-16(8-13-23(30)32-4)19-11-12-20-18-10-9-17-7-5-6-14-25(17,2)21(18)15-22(26(19,20)3)28-29-24(27)31/h16-21H,5-15H2,1-4H3,(H3,27,29,31)/b28-22-/t16-,17-,18+,19+,20+,21-,25-,26+/m0/s1. The van der Waals surface area contributed by atoms with Crippen molar-refractivity contribution < 1.29 is 14.3 Å². The van der Waals surface area contributed by atoms with Crippen molar-refractivity contribution in [2.24, 2.45) is 57.2 Å². The average Bonchev–Trinajstić information content (AvgIpc) is 3.13. The molecule has 6 heteroatoms. The van der Waals surface area contributed by atoms with Crippen molar-refractivity contribution in [3.05, 3.63) is 0 Å². The van der Waals surface area contributed by atoms with Crippen LogP contribution in [-0.2, 0) is 9.53 Å². The number of amides is 2. The van der Waals surface area contributed by atoms with E-state index in [1.54, 1.807) is 0 Å². The number of nitrogens with two attached hydrogens (primary N) is 1. The van der Waals surface area contributed by atoms with Crippen LogP contribution in [0.5, 0.6) is 0 Å². The molecule has 0 bridgehead atoms. The monoisotopic (exact) mass is 445 g/mol. The average molecular weight is 446 g/mol. The Labute approximate surface area is 193 Å². The number of hydrazone groups is 1. The summed E-state index contributed by atoms with van der Waals surface area (Å²) in [6.07, 6.45) is 12.8. The molecule has 0 saturated heterocycles. The molecule has 0 heterocycles. The van der Waals surface area contributed by atoms with Crippen molar-refractivity contribution in [2.45, 2.75) is 91.4 Å². The topological polar surface area (TPSA) is 93.8 Å². The summed E-state index contributed by atoms with van der Waals surface area (Å²) < 4.78 is 4.89. The molecular formula is C26H43N3O3. The van der Waals surface area contributed by atoms with Gasteiger partial charge < -0.3 is 10.5 Å². The summed E-state index contributed by atoms with van der Waals surface area (Å²) in [4.78, 5) is 23.4. The van der Waals surface area contributed by atoms with E-state index in [1.807, 2.05) is 0 Å². The highest BCUT2D eigenvalue weighted by Crippen LogP contribution is 2.67. The smallest absolute Gasteiger partial charge is 0.332 e. The quantitative estimate of drug-likeness (QED) is 0.446. The largest absolute Gasteiger partial charge is 0.469 e. The summed E-state index contributed by atoms with van der Waals surface area (Å²) in [5.41, 5.74) is 9.54. The van der Waals surface area contributed by atoms with E-state index in [1.165, 1.54) is 58.5 Å². The fourth-order valence-corrected chi connectivity index (χ4v) is 8.90. The van der Waals surface area contributed by atoms with Gasteiger partial charge in [-0.05, 0) is 92.3 Å². The van der Waals surface area contributed by atoms with Crippen molar-refractivity contribution in [1.29, 1.82) is 0 Å². The van der Waals surface area contributed by atoms with Crippen LogP contribution >= 0.6 is 0 Å². The van der Waals surface area contributed by atoms with Crippen molar-refractivity contribution in [3.8, 4) is 0 Å². The van der Waals surface area contributed by atoms with Gasteiger partial charge in [-0.3, -0.25) is 4.79 Å². The molecule has 6 nitrogen and oxygen atoms in total. The van der Waals surface area contributed by atoms with Crippen LogP contribution in [-0.4, -0.2) is 24.8 Å². The van der Waals surface area contributed by atoms with Crippen LogP contribution in [0.25, 0.3) is 0 Å². The third-order valence-electron chi connectivity index (χ3n) is 10.6. The van der Waals surface area contributed by atoms with Gasteiger partial charge in [0.05, 0.1) is 7.11 Å². The second kappa shape index (κ2) is 8.98. The molecule has 0 aromatic heterocycles. The van der Waals surface area contributed by atoms with Gasteiger partial charge in [0.15, 0.2) is 0 Å². The van der Waals surface area contributed by atoms with Crippen molar-refractivity contribution in [2.75, 3.05) is 7.11 Å². The molecule has 2 amide bonds. The third-order valence-corrected chi connectivity index (χ3v) is 10.6. The van der Waals surface area contributed by atoms with Gasteiger partial charge in [-0.15, -0.1) is 0 Å². The maximum atomic E-state index is 11.8. The number of rotatable bonds is 5. The molecule has 32 heavy (non-hydrogen) atoms. The molecular weight excluding hydrogens is 402 g/mol. The highest BCUT2D eigenvalue weighted by atomic mass is 16.5. The maximum Gasteiger partial charge on any atom is 0.332 e. The van der Waals surface area contributed by atoms with E-state index in [-0.39, 0.29) is 11.4 Å². The lowest BCUT2D eigenvalue weighted by Gasteiger charge is -2.61. The Bertz CT molecular complexity index is 767. The summed E-state index contributed by atoms with van der Waals surface area (Å²) >= 11 is 0. The number of ether oxygens (including phenoxy) is 1. The number of hydrogen-bond donors (Lipinski definition) is 2. The summed E-state index contributed by atoms with van der Waals surface area (Å²) in [5.74, 6) is 3.56. The molecule has 0 aliphatic heterocycles. The van der Waals surface area contributed by atoms with Gasteiger partial charge >= 0.3 is 12.0 Å². The van der Waals surface area contributed by atoms with Crippen LogP contribution in [0.2, 0.25) is 0 Å². The molecule has 8 atom stereocenters. The molecule has 0 aromatic rings. The Morgan fingerprint density at radius 3 is 2.66 bits per heavy atom. The van der Waals surface area contributed by atoms with Crippen LogP contribution in [0.4, 0.5) is 4.79 Å². The minimum absolute atomic E-state index is 0.0446. The zero-order valence-electron chi connectivity index (χ0n) is 20.5. The van der Waals surface area contributed by atoms with Gasteiger partial charge in [-0.1, -0.05) is 33.6 Å². The number of fused-ring (bicyclic) bond motifs is 5. The highest BCUT2D eigenvalue weighted by Gasteiger charge is 2.62. The molecule has 180 valence electrons. The van der Waals surface area contributed by atoms with Gasteiger partial charge in [0.1, 0.15) is 0 Å². The molecule has 0 unspecified atom stereocenters. The van der Waals surface area contributed by atoms with E-state index in [0.29, 0.717) is 35.5 Å². The van der Waals surface area contributed by atoms with Crippen LogP contribution in [0.3, 0.4) is 0 Å². The number of carbonyl (C=O) groups is 2. The van der Waals surface area contributed by atoms with Gasteiger partial charge in [-0.25, -0.2) is 10.2 Å². The molecule has 0 spiro atoms.